The minimum absolute atomic E-state index is 0.0326. The van der Waals surface area contributed by atoms with Crippen molar-refractivity contribution in [3.05, 3.63) is 34.4 Å². The van der Waals surface area contributed by atoms with Crippen LogP contribution in [-0.2, 0) is 4.79 Å². The molecule has 1 fully saturated rings. The first-order valence-corrected chi connectivity index (χ1v) is 6.48. The molecule has 1 aromatic rings. The minimum Gasteiger partial charge on any atom is -0.298 e. The number of rotatable bonds is 3. The quantitative estimate of drug-likeness (QED) is 0.611. The van der Waals surface area contributed by atoms with Gasteiger partial charge >= 0.3 is 0 Å². The second-order valence-electron chi connectivity index (χ2n) is 4.07. The van der Waals surface area contributed by atoms with Gasteiger partial charge in [-0.05, 0) is 25.0 Å². The predicted molar refractivity (Wildman–Crippen MR) is 66.2 cm³/mol. The highest BCUT2D eigenvalue weighted by atomic mass is 32.2. The third-order valence-electron chi connectivity index (χ3n) is 2.82. The van der Waals surface area contributed by atoms with Gasteiger partial charge in [-0.3, -0.25) is 14.9 Å². The second kappa shape index (κ2) is 5.31. The third kappa shape index (κ3) is 3.06. The first kappa shape index (κ1) is 12.1. The highest BCUT2D eigenvalue weighted by molar-refractivity contribution is 8.00. The molecule has 17 heavy (non-hydrogen) atoms. The summed E-state index contributed by atoms with van der Waals surface area (Å²) in [5.41, 5.74) is 0.0873. The molecule has 1 unspecified atom stereocenters. The van der Waals surface area contributed by atoms with Gasteiger partial charge in [0.25, 0.3) is 5.69 Å². The summed E-state index contributed by atoms with van der Waals surface area (Å²) < 4.78 is 0. The summed E-state index contributed by atoms with van der Waals surface area (Å²) in [5.74, 6) is 0.305. The number of benzene rings is 1. The van der Waals surface area contributed by atoms with E-state index < -0.39 is 4.92 Å². The maximum absolute atomic E-state index is 11.6. The van der Waals surface area contributed by atoms with Crippen molar-refractivity contribution in [1.29, 1.82) is 0 Å². The first-order chi connectivity index (χ1) is 8.16. The van der Waals surface area contributed by atoms with E-state index in [-0.39, 0.29) is 10.9 Å². The molecule has 0 amide bonds. The summed E-state index contributed by atoms with van der Waals surface area (Å²) in [5, 5.41) is 10.5. The number of nitro groups is 1. The zero-order valence-electron chi connectivity index (χ0n) is 9.30. The largest absolute Gasteiger partial charge is 0.298 e. The van der Waals surface area contributed by atoms with Gasteiger partial charge in [-0.25, -0.2) is 0 Å². The van der Waals surface area contributed by atoms with Crippen LogP contribution in [0.1, 0.15) is 25.7 Å². The molecule has 0 radical (unpaired) electrons. The number of hydrogen-bond acceptors (Lipinski definition) is 4. The van der Waals surface area contributed by atoms with Gasteiger partial charge in [0.05, 0.1) is 10.2 Å². The fraction of sp³-hybridized carbons (Fsp3) is 0.417. The lowest BCUT2D eigenvalue weighted by Crippen LogP contribution is -2.21. The third-order valence-corrected chi connectivity index (χ3v) is 4.15. The molecule has 2 rings (SSSR count). The molecule has 90 valence electrons. The van der Waals surface area contributed by atoms with Gasteiger partial charge in [0.2, 0.25) is 0 Å². The van der Waals surface area contributed by atoms with Crippen molar-refractivity contribution >= 4 is 23.2 Å². The molecule has 0 saturated heterocycles. The fourth-order valence-corrected chi connectivity index (χ4v) is 3.04. The molecule has 1 aliphatic rings. The SMILES string of the molecule is O=C1CCCCC1Sc1ccc([N+](=O)[O-])cc1. The minimum atomic E-state index is -0.416. The van der Waals surface area contributed by atoms with Gasteiger partial charge in [0.15, 0.2) is 0 Å². The number of non-ortho nitro benzene ring substituents is 1. The number of thioether (sulfide) groups is 1. The van der Waals surface area contributed by atoms with Crippen molar-refractivity contribution in [2.75, 3.05) is 0 Å². The topological polar surface area (TPSA) is 60.2 Å². The van der Waals surface area contributed by atoms with E-state index >= 15 is 0 Å². The molecule has 0 aromatic heterocycles. The number of Topliss-reactive ketones (excluding diaryl/α,β-unsaturated/α-hetero) is 1. The lowest BCUT2D eigenvalue weighted by molar-refractivity contribution is -0.384. The summed E-state index contributed by atoms with van der Waals surface area (Å²) in [6, 6.07) is 6.39. The van der Waals surface area contributed by atoms with Crippen LogP contribution < -0.4 is 0 Å². The van der Waals surface area contributed by atoms with Gasteiger partial charge in [-0.1, -0.05) is 6.42 Å². The summed E-state index contributed by atoms with van der Waals surface area (Å²) in [4.78, 5) is 22.7. The molecule has 1 aliphatic carbocycles. The fourth-order valence-electron chi connectivity index (χ4n) is 1.89. The highest BCUT2D eigenvalue weighted by Gasteiger charge is 2.23. The van der Waals surface area contributed by atoms with E-state index in [1.165, 1.54) is 23.9 Å². The summed E-state index contributed by atoms with van der Waals surface area (Å²) >= 11 is 1.52. The van der Waals surface area contributed by atoms with Gasteiger partial charge in [-0.15, -0.1) is 11.8 Å². The number of hydrogen-bond donors (Lipinski definition) is 0. The van der Waals surface area contributed by atoms with Crippen LogP contribution in [-0.4, -0.2) is 16.0 Å². The summed E-state index contributed by atoms with van der Waals surface area (Å²) in [6.45, 7) is 0. The van der Waals surface area contributed by atoms with E-state index in [9.17, 15) is 14.9 Å². The predicted octanol–water partition coefficient (Wildman–Crippen LogP) is 3.20. The van der Waals surface area contributed by atoms with Crippen LogP contribution in [0.15, 0.2) is 29.2 Å². The number of ketones is 1. The Morgan fingerprint density at radius 2 is 1.94 bits per heavy atom. The van der Waals surface area contributed by atoms with Crippen molar-refractivity contribution in [1.82, 2.24) is 0 Å². The average molecular weight is 251 g/mol. The monoisotopic (exact) mass is 251 g/mol. The maximum Gasteiger partial charge on any atom is 0.269 e. The zero-order valence-corrected chi connectivity index (χ0v) is 10.1. The maximum atomic E-state index is 11.6. The van der Waals surface area contributed by atoms with Crippen molar-refractivity contribution in [3.63, 3.8) is 0 Å². The number of carbonyl (C=O) groups excluding carboxylic acids is 1. The molecule has 1 aromatic carbocycles. The van der Waals surface area contributed by atoms with E-state index in [1.807, 2.05) is 0 Å². The molecule has 4 nitrogen and oxygen atoms in total. The summed E-state index contributed by atoms with van der Waals surface area (Å²) in [7, 11) is 0. The number of nitrogens with zero attached hydrogens (tertiary/aromatic N) is 1. The van der Waals surface area contributed by atoms with Gasteiger partial charge < -0.3 is 0 Å². The van der Waals surface area contributed by atoms with Crippen LogP contribution in [0.2, 0.25) is 0 Å². The Kier molecular flexibility index (Phi) is 3.78. The van der Waals surface area contributed by atoms with Crippen molar-refractivity contribution in [3.8, 4) is 0 Å². The molecule has 0 N–H and O–H groups in total. The Balaban J connectivity index is 2.03. The molecule has 0 aliphatic heterocycles. The molecular weight excluding hydrogens is 238 g/mol. The molecule has 1 saturated carbocycles. The van der Waals surface area contributed by atoms with E-state index in [0.717, 1.165) is 24.2 Å². The molecule has 0 heterocycles. The molecule has 1 atom stereocenters. The van der Waals surface area contributed by atoms with Crippen molar-refractivity contribution in [2.45, 2.75) is 35.8 Å². The van der Waals surface area contributed by atoms with Crippen LogP contribution in [0.3, 0.4) is 0 Å². The van der Waals surface area contributed by atoms with Gasteiger partial charge in [0, 0.05) is 23.4 Å². The van der Waals surface area contributed by atoms with Crippen LogP contribution >= 0.6 is 11.8 Å². The lowest BCUT2D eigenvalue weighted by atomic mass is 9.99. The molecule has 0 spiro atoms. The normalized spacial score (nSPS) is 20.2. The Bertz CT molecular complexity index is 430. The van der Waals surface area contributed by atoms with Crippen LogP contribution in [0.4, 0.5) is 5.69 Å². The van der Waals surface area contributed by atoms with E-state index in [2.05, 4.69) is 0 Å². The Hall–Kier alpha value is -1.36. The van der Waals surface area contributed by atoms with Gasteiger partial charge in [-0.2, -0.15) is 0 Å². The van der Waals surface area contributed by atoms with E-state index in [1.54, 1.807) is 12.1 Å². The Morgan fingerprint density at radius 3 is 2.53 bits per heavy atom. The molecule has 5 heteroatoms. The first-order valence-electron chi connectivity index (χ1n) is 5.60. The second-order valence-corrected chi connectivity index (χ2v) is 5.35. The van der Waals surface area contributed by atoms with E-state index in [0.29, 0.717) is 12.2 Å². The summed E-state index contributed by atoms with van der Waals surface area (Å²) in [6.07, 6.45) is 3.68. The Labute approximate surface area is 104 Å². The van der Waals surface area contributed by atoms with Crippen LogP contribution in [0.5, 0.6) is 0 Å². The average Bonchev–Trinajstić information content (AvgIpc) is 2.33. The standard InChI is InChI=1S/C12H13NO3S/c14-11-3-1-2-4-12(11)17-10-7-5-9(6-8-10)13(15)16/h5-8,12H,1-4H2. The van der Waals surface area contributed by atoms with Crippen LogP contribution in [0.25, 0.3) is 0 Å². The highest BCUT2D eigenvalue weighted by Crippen LogP contribution is 2.32. The smallest absolute Gasteiger partial charge is 0.269 e. The van der Waals surface area contributed by atoms with Crippen molar-refractivity contribution in [2.24, 2.45) is 0 Å². The van der Waals surface area contributed by atoms with E-state index in [4.69, 9.17) is 0 Å². The molecular formula is C12H13NO3S. The van der Waals surface area contributed by atoms with Crippen LogP contribution in [0, 0.1) is 10.1 Å². The molecule has 0 bridgehead atoms. The lowest BCUT2D eigenvalue weighted by Gasteiger charge is -2.19. The van der Waals surface area contributed by atoms with Gasteiger partial charge in [0.1, 0.15) is 5.78 Å². The van der Waals surface area contributed by atoms with Crippen molar-refractivity contribution < 1.29 is 9.72 Å². The Morgan fingerprint density at radius 1 is 1.24 bits per heavy atom. The number of nitro benzene ring substituents is 1. The zero-order chi connectivity index (χ0) is 12.3. The number of carbonyl (C=O) groups is 1.